The molecule has 0 atom stereocenters. The molecule has 1 aromatic carbocycles. The Kier molecular flexibility index (Phi) is 4.45. The molecule has 3 aromatic rings. The first kappa shape index (κ1) is 17.0. The van der Waals surface area contributed by atoms with Crippen molar-refractivity contribution >= 4 is 27.9 Å². The number of anilines is 1. The van der Waals surface area contributed by atoms with E-state index in [4.69, 9.17) is 4.42 Å². The molecule has 27 heavy (non-hydrogen) atoms. The molecule has 5 rings (SSSR count). The second-order valence-electron chi connectivity index (χ2n) is 7.99. The lowest BCUT2D eigenvalue weighted by atomic mass is 9.98. The third kappa shape index (κ3) is 3.28. The fourth-order valence-electron chi connectivity index (χ4n) is 4.59. The van der Waals surface area contributed by atoms with Gasteiger partial charge in [-0.3, -0.25) is 0 Å². The van der Waals surface area contributed by atoms with Crippen molar-refractivity contribution in [3.63, 3.8) is 0 Å². The lowest BCUT2D eigenvalue weighted by Crippen LogP contribution is -2.48. The van der Waals surface area contributed by atoms with Crippen LogP contribution in [0.15, 0.2) is 35.0 Å². The summed E-state index contributed by atoms with van der Waals surface area (Å²) in [7, 11) is 2.23. The number of aromatic nitrogens is 2. The van der Waals surface area contributed by atoms with Crippen molar-refractivity contribution in [2.45, 2.75) is 37.8 Å². The number of rotatable bonds is 3. The Morgan fingerprint density at radius 3 is 2.59 bits per heavy atom. The zero-order valence-electron chi connectivity index (χ0n) is 15.9. The molecule has 4 heterocycles. The third-order valence-electron chi connectivity index (χ3n) is 6.23. The Bertz CT molecular complexity index is 923. The van der Waals surface area contributed by atoms with E-state index < -0.39 is 0 Å². The molecule has 0 saturated carbocycles. The van der Waals surface area contributed by atoms with Crippen molar-refractivity contribution in [3.05, 3.63) is 30.6 Å². The number of para-hydroxylation sites is 1. The maximum absolute atomic E-state index is 6.05. The molecule has 0 amide bonds. The molecule has 0 spiro atoms. The van der Waals surface area contributed by atoms with E-state index in [1.165, 1.54) is 39.0 Å². The Hall–Kier alpha value is -2.18. The molecule has 2 fully saturated rings. The number of piperidine rings is 2. The molecule has 2 aliphatic rings. The second kappa shape index (κ2) is 7.09. The van der Waals surface area contributed by atoms with Gasteiger partial charge in [-0.25, -0.2) is 9.97 Å². The van der Waals surface area contributed by atoms with Crippen molar-refractivity contribution in [1.29, 1.82) is 0 Å². The molecule has 0 unspecified atom stereocenters. The molecule has 2 aromatic heterocycles. The summed E-state index contributed by atoms with van der Waals surface area (Å²) in [6.45, 7) is 4.79. The average molecular weight is 365 g/mol. The minimum absolute atomic E-state index is 0.443. The number of likely N-dealkylation sites (tertiary alicyclic amines) is 2. The average Bonchev–Trinajstić information content (AvgIpc) is 3.09. The first-order valence-corrected chi connectivity index (χ1v) is 10.1. The minimum Gasteiger partial charge on any atom is -0.450 e. The molecular formula is C21H27N5O. The zero-order valence-corrected chi connectivity index (χ0v) is 15.9. The van der Waals surface area contributed by atoms with E-state index in [0.717, 1.165) is 46.8 Å². The molecule has 142 valence electrons. The highest BCUT2D eigenvalue weighted by Gasteiger charge is 2.28. The summed E-state index contributed by atoms with van der Waals surface area (Å²) < 4.78 is 6.05. The number of furan rings is 1. The van der Waals surface area contributed by atoms with E-state index in [1.807, 2.05) is 18.2 Å². The molecule has 1 N–H and O–H groups in total. The van der Waals surface area contributed by atoms with Crippen LogP contribution in [0.25, 0.3) is 22.1 Å². The minimum atomic E-state index is 0.443. The van der Waals surface area contributed by atoms with Gasteiger partial charge < -0.3 is 19.5 Å². The smallest absolute Gasteiger partial charge is 0.196 e. The van der Waals surface area contributed by atoms with Crippen molar-refractivity contribution in [3.8, 4) is 0 Å². The van der Waals surface area contributed by atoms with Crippen molar-refractivity contribution in [1.82, 2.24) is 19.8 Å². The molecular weight excluding hydrogens is 338 g/mol. The summed E-state index contributed by atoms with van der Waals surface area (Å²) in [6.07, 6.45) is 6.55. The van der Waals surface area contributed by atoms with Gasteiger partial charge in [-0.15, -0.1) is 0 Å². The van der Waals surface area contributed by atoms with Crippen LogP contribution < -0.4 is 5.32 Å². The number of benzene rings is 1. The maximum Gasteiger partial charge on any atom is 0.196 e. The predicted octanol–water partition coefficient (Wildman–Crippen LogP) is 3.35. The summed E-state index contributed by atoms with van der Waals surface area (Å²) in [6, 6.07) is 9.26. The van der Waals surface area contributed by atoms with Crippen LogP contribution >= 0.6 is 0 Å². The van der Waals surface area contributed by atoms with E-state index in [1.54, 1.807) is 6.33 Å². The van der Waals surface area contributed by atoms with Gasteiger partial charge in [0.25, 0.3) is 0 Å². The van der Waals surface area contributed by atoms with Crippen LogP contribution in [0, 0.1) is 0 Å². The lowest BCUT2D eigenvalue weighted by molar-refractivity contribution is 0.0993. The topological polar surface area (TPSA) is 57.4 Å². The van der Waals surface area contributed by atoms with Crippen LogP contribution in [-0.4, -0.2) is 65.1 Å². The van der Waals surface area contributed by atoms with E-state index in [-0.39, 0.29) is 0 Å². The van der Waals surface area contributed by atoms with Gasteiger partial charge in [0.15, 0.2) is 11.4 Å². The molecule has 2 aliphatic heterocycles. The SMILES string of the molecule is CN1CCC(N2CCC(Nc3ncnc4c3oc3ccccc34)CC2)CC1. The zero-order chi connectivity index (χ0) is 18.2. The van der Waals surface area contributed by atoms with Gasteiger partial charge in [-0.1, -0.05) is 12.1 Å². The first-order valence-electron chi connectivity index (χ1n) is 10.1. The van der Waals surface area contributed by atoms with Gasteiger partial charge in [0.05, 0.1) is 0 Å². The fraction of sp³-hybridized carbons (Fsp3) is 0.524. The van der Waals surface area contributed by atoms with E-state index in [9.17, 15) is 0 Å². The van der Waals surface area contributed by atoms with Crippen LogP contribution in [0.2, 0.25) is 0 Å². The van der Waals surface area contributed by atoms with E-state index in [0.29, 0.717) is 6.04 Å². The lowest BCUT2D eigenvalue weighted by Gasteiger charge is -2.41. The second-order valence-corrected chi connectivity index (χ2v) is 7.99. The Balaban J connectivity index is 1.28. The monoisotopic (exact) mass is 365 g/mol. The number of hydrogen-bond acceptors (Lipinski definition) is 6. The number of hydrogen-bond donors (Lipinski definition) is 1. The molecule has 0 radical (unpaired) electrons. The molecule has 6 heteroatoms. The van der Waals surface area contributed by atoms with Gasteiger partial charge in [0.2, 0.25) is 0 Å². The van der Waals surface area contributed by atoms with Gasteiger partial charge in [-0.2, -0.15) is 0 Å². The van der Waals surface area contributed by atoms with Crippen LogP contribution in [0.3, 0.4) is 0 Å². The van der Waals surface area contributed by atoms with Crippen LogP contribution in [-0.2, 0) is 0 Å². The predicted molar refractivity (Wildman–Crippen MR) is 108 cm³/mol. The largest absolute Gasteiger partial charge is 0.450 e. The van der Waals surface area contributed by atoms with Gasteiger partial charge >= 0.3 is 0 Å². The Labute approximate surface area is 159 Å². The highest BCUT2D eigenvalue weighted by Crippen LogP contribution is 2.31. The summed E-state index contributed by atoms with van der Waals surface area (Å²) >= 11 is 0. The Morgan fingerprint density at radius 2 is 1.78 bits per heavy atom. The molecule has 2 saturated heterocycles. The van der Waals surface area contributed by atoms with Gasteiger partial charge in [0, 0.05) is 30.6 Å². The van der Waals surface area contributed by atoms with E-state index >= 15 is 0 Å². The Morgan fingerprint density at radius 1 is 1.00 bits per heavy atom. The number of nitrogens with one attached hydrogen (secondary N) is 1. The van der Waals surface area contributed by atoms with Gasteiger partial charge in [-0.05, 0) is 58.0 Å². The van der Waals surface area contributed by atoms with Crippen molar-refractivity contribution in [2.75, 3.05) is 38.5 Å². The highest BCUT2D eigenvalue weighted by atomic mass is 16.3. The number of nitrogens with zero attached hydrogens (tertiary/aromatic N) is 4. The van der Waals surface area contributed by atoms with Crippen LogP contribution in [0.1, 0.15) is 25.7 Å². The summed E-state index contributed by atoms with van der Waals surface area (Å²) in [5.41, 5.74) is 2.54. The first-order chi connectivity index (χ1) is 13.3. The highest BCUT2D eigenvalue weighted by molar-refractivity contribution is 6.05. The maximum atomic E-state index is 6.05. The van der Waals surface area contributed by atoms with E-state index in [2.05, 4.69) is 38.2 Å². The third-order valence-corrected chi connectivity index (χ3v) is 6.23. The number of fused-ring (bicyclic) bond motifs is 3. The molecule has 6 nitrogen and oxygen atoms in total. The summed E-state index contributed by atoms with van der Waals surface area (Å²) in [5.74, 6) is 0.828. The normalized spacial score (nSPS) is 21.2. The standard InChI is InChI=1S/C21H27N5O/c1-25-10-8-16(9-11-25)26-12-6-15(7-13-26)24-21-20-19(22-14-23-21)17-4-2-3-5-18(17)27-20/h2-5,14-16H,6-13H2,1H3,(H,22,23,24). The van der Waals surface area contributed by atoms with Crippen LogP contribution in [0.4, 0.5) is 5.82 Å². The summed E-state index contributed by atoms with van der Waals surface area (Å²) in [4.78, 5) is 14.1. The molecule has 0 aliphatic carbocycles. The van der Waals surface area contributed by atoms with Crippen LogP contribution in [0.5, 0.6) is 0 Å². The van der Waals surface area contributed by atoms with Gasteiger partial charge in [0.1, 0.15) is 17.4 Å². The van der Waals surface area contributed by atoms with Crippen molar-refractivity contribution in [2.24, 2.45) is 0 Å². The summed E-state index contributed by atoms with van der Waals surface area (Å²) in [5, 5.41) is 4.69. The quantitative estimate of drug-likeness (QED) is 0.768. The fourth-order valence-corrected chi connectivity index (χ4v) is 4.59. The molecule has 0 bridgehead atoms. The van der Waals surface area contributed by atoms with Crippen molar-refractivity contribution < 1.29 is 4.42 Å².